The maximum Gasteiger partial charge on any atom is 0.348 e. The Hall–Kier alpha value is -2.35. The molecule has 0 unspecified atom stereocenters. The number of nitriles is 1. The van der Waals surface area contributed by atoms with Crippen LogP contribution in [0.15, 0.2) is 35.2 Å². The predicted octanol–water partition coefficient (Wildman–Crippen LogP) is 3.36. The average Bonchev–Trinajstić information content (AvgIpc) is 2.91. The van der Waals surface area contributed by atoms with Gasteiger partial charge in [0, 0.05) is 0 Å². The first kappa shape index (κ1) is 21.9. The van der Waals surface area contributed by atoms with Gasteiger partial charge in [-0.15, -0.1) is 11.3 Å². The number of amides is 1. The summed E-state index contributed by atoms with van der Waals surface area (Å²) in [6, 6.07) is 8.57. The fraction of sp³-hybridized carbons (Fsp3) is 0.278. The number of thiophene rings is 1. The summed E-state index contributed by atoms with van der Waals surface area (Å²) in [5.41, 5.74) is 1.10. The predicted molar refractivity (Wildman–Crippen MR) is 109 cm³/mol. The van der Waals surface area contributed by atoms with Crippen LogP contribution in [0.5, 0.6) is 0 Å². The van der Waals surface area contributed by atoms with Crippen LogP contribution in [-0.2, 0) is 25.1 Å². The van der Waals surface area contributed by atoms with E-state index in [-0.39, 0.29) is 22.2 Å². The SMILES string of the molecule is CCOC(=O)c1sc(NC(=O)CS(=O)(=O)Cc2ccccc2)c(SC#N)c1C. The molecule has 10 heteroatoms. The molecule has 1 aromatic carbocycles. The zero-order valence-electron chi connectivity index (χ0n) is 15.2. The van der Waals surface area contributed by atoms with Crippen molar-refractivity contribution in [2.75, 3.05) is 17.7 Å². The normalized spacial score (nSPS) is 10.9. The van der Waals surface area contributed by atoms with E-state index in [4.69, 9.17) is 10.00 Å². The third-order valence-electron chi connectivity index (χ3n) is 3.53. The van der Waals surface area contributed by atoms with Crippen molar-refractivity contribution in [2.24, 2.45) is 0 Å². The lowest BCUT2D eigenvalue weighted by Crippen LogP contribution is -2.23. The highest BCUT2D eigenvalue weighted by Gasteiger charge is 2.24. The van der Waals surface area contributed by atoms with Gasteiger partial charge in [-0.3, -0.25) is 4.79 Å². The molecule has 28 heavy (non-hydrogen) atoms. The Kier molecular flexibility index (Phi) is 7.62. The largest absolute Gasteiger partial charge is 0.462 e. The van der Waals surface area contributed by atoms with Gasteiger partial charge in [-0.05, 0) is 36.7 Å². The van der Waals surface area contributed by atoms with E-state index < -0.39 is 27.5 Å². The number of esters is 1. The Morgan fingerprint density at radius 2 is 1.96 bits per heavy atom. The van der Waals surface area contributed by atoms with Gasteiger partial charge in [0.2, 0.25) is 5.91 Å². The molecule has 0 bridgehead atoms. The summed E-state index contributed by atoms with van der Waals surface area (Å²) in [6.07, 6.45) is 0. The summed E-state index contributed by atoms with van der Waals surface area (Å²) < 4.78 is 29.6. The number of sulfone groups is 1. The summed E-state index contributed by atoms with van der Waals surface area (Å²) in [7, 11) is -3.68. The maximum absolute atomic E-state index is 12.3. The molecule has 0 spiro atoms. The van der Waals surface area contributed by atoms with Crippen molar-refractivity contribution >= 4 is 49.8 Å². The zero-order valence-corrected chi connectivity index (χ0v) is 17.7. The van der Waals surface area contributed by atoms with Crippen LogP contribution in [-0.4, -0.2) is 32.7 Å². The fourth-order valence-electron chi connectivity index (χ4n) is 2.38. The van der Waals surface area contributed by atoms with E-state index >= 15 is 0 Å². The molecule has 0 saturated heterocycles. The first-order chi connectivity index (χ1) is 13.3. The number of anilines is 1. The van der Waals surface area contributed by atoms with E-state index in [9.17, 15) is 18.0 Å². The second kappa shape index (κ2) is 9.73. The molecule has 1 heterocycles. The van der Waals surface area contributed by atoms with Crippen molar-refractivity contribution in [3.63, 3.8) is 0 Å². The molecular weight excluding hydrogens is 420 g/mol. The molecule has 1 aromatic heterocycles. The number of hydrogen-bond donors (Lipinski definition) is 1. The Morgan fingerprint density at radius 3 is 2.57 bits per heavy atom. The number of hydrogen-bond acceptors (Lipinski definition) is 8. The first-order valence-corrected chi connectivity index (χ1v) is 11.6. The molecule has 0 atom stereocenters. The van der Waals surface area contributed by atoms with Gasteiger partial charge in [-0.25, -0.2) is 13.2 Å². The van der Waals surface area contributed by atoms with E-state index in [0.29, 0.717) is 16.0 Å². The van der Waals surface area contributed by atoms with Crippen LogP contribution in [0.2, 0.25) is 0 Å². The molecule has 0 radical (unpaired) electrons. The number of nitrogens with zero attached hydrogens (tertiary/aromatic N) is 1. The number of nitrogens with one attached hydrogen (secondary N) is 1. The molecule has 0 aliphatic carbocycles. The van der Waals surface area contributed by atoms with Crippen LogP contribution in [0.3, 0.4) is 0 Å². The maximum atomic E-state index is 12.3. The smallest absolute Gasteiger partial charge is 0.348 e. The third kappa shape index (κ3) is 5.82. The number of thiocyanates is 1. The summed E-state index contributed by atoms with van der Waals surface area (Å²) in [5.74, 6) is -2.24. The average molecular weight is 439 g/mol. The number of thioether (sulfide) groups is 1. The minimum atomic E-state index is -3.68. The highest BCUT2D eigenvalue weighted by molar-refractivity contribution is 8.04. The number of rotatable bonds is 8. The molecular formula is C18H18N2O5S3. The van der Waals surface area contributed by atoms with Crippen molar-refractivity contribution in [2.45, 2.75) is 24.5 Å². The number of carbonyl (C=O) groups is 2. The van der Waals surface area contributed by atoms with Gasteiger partial charge in [-0.2, -0.15) is 5.26 Å². The van der Waals surface area contributed by atoms with E-state index in [0.717, 1.165) is 23.1 Å². The molecule has 0 aliphatic rings. The zero-order chi connectivity index (χ0) is 20.7. The van der Waals surface area contributed by atoms with Crippen molar-refractivity contribution < 1.29 is 22.7 Å². The molecule has 148 valence electrons. The second-order valence-electron chi connectivity index (χ2n) is 5.69. The highest BCUT2D eigenvalue weighted by Crippen LogP contribution is 2.40. The van der Waals surface area contributed by atoms with Crippen LogP contribution in [0.1, 0.15) is 27.7 Å². The van der Waals surface area contributed by atoms with Crippen molar-refractivity contribution in [1.29, 1.82) is 5.26 Å². The van der Waals surface area contributed by atoms with Gasteiger partial charge >= 0.3 is 5.97 Å². The topological polar surface area (TPSA) is 113 Å². The Bertz CT molecular complexity index is 1010. The number of ether oxygens (including phenoxy) is 1. The van der Waals surface area contributed by atoms with Gasteiger partial charge in [0.25, 0.3) is 0 Å². The molecule has 1 amide bonds. The van der Waals surface area contributed by atoms with E-state index in [1.807, 2.05) is 5.40 Å². The highest BCUT2D eigenvalue weighted by atomic mass is 32.2. The van der Waals surface area contributed by atoms with E-state index in [1.165, 1.54) is 0 Å². The fourth-order valence-corrected chi connectivity index (χ4v) is 5.47. The summed E-state index contributed by atoms with van der Waals surface area (Å²) in [4.78, 5) is 25.0. The lowest BCUT2D eigenvalue weighted by atomic mass is 10.2. The van der Waals surface area contributed by atoms with E-state index in [2.05, 4.69) is 5.32 Å². The van der Waals surface area contributed by atoms with Gasteiger partial charge in [-0.1, -0.05) is 30.3 Å². The van der Waals surface area contributed by atoms with Crippen molar-refractivity contribution in [3.05, 3.63) is 46.3 Å². The van der Waals surface area contributed by atoms with Crippen LogP contribution in [0.25, 0.3) is 0 Å². The Morgan fingerprint density at radius 1 is 1.29 bits per heavy atom. The molecule has 0 saturated carbocycles. The Balaban J connectivity index is 2.17. The number of benzene rings is 1. The Labute approximate surface area is 171 Å². The first-order valence-electron chi connectivity index (χ1n) is 8.18. The monoisotopic (exact) mass is 438 g/mol. The van der Waals surface area contributed by atoms with Gasteiger partial charge in [0.05, 0.1) is 17.3 Å². The molecule has 2 aromatic rings. The summed E-state index contributed by atoms with van der Waals surface area (Å²) in [6.45, 7) is 3.51. The van der Waals surface area contributed by atoms with Crippen molar-refractivity contribution in [3.8, 4) is 5.40 Å². The minimum Gasteiger partial charge on any atom is -0.462 e. The molecule has 7 nitrogen and oxygen atoms in total. The molecule has 1 N–H and O–H groups in total. The van der Waals surface area contributed by atoms with E-state index in [1.54, 1.807) is 44.2 Å². The third-order valence-corrected chi connectivity index (χ3v) is 7.13. The lowest BCUT2D eigenvalue weighted by Gasteiger charge is -2.06. The minimum absolute atomic E-state index is 0.191. The summed E-state index contributed by atoms with van der Waals surface area (Å²) >= 11 is 1.75. The molecule has 0 aliphatic heterocycles. The summed E-state index contributed by atoms with van der Waals surface area (Å²) in [5, 5.41) is 13.7. The lowest BCUT2D eigenvalue weighted by molar-refractivity contribution is -0.113. The van der Waals surface area contributed by atoms with Gasteiger partial charge in [0.15, 0.2) is 9.84 Å². The second-order valence-corrected chi connectivity index (χ2v) is 9.57. The molecule has 0 fully saturated rings. The van der Waals surface area contributed by atoms with Crippen LogP contribution in [0.4, 0.5) is 5.00 Å². The molecule has 2 rings (SSSR count). The van der Waals surface area contributed by atoms with Gasteiger partial charge < -0.3 is 10.1 Å². The van der Waals surface area contributed by atoms with Gasteiger partial charge in [0.1, 0.15) is 21.0 Å². The standard InChI is InChI=1S/C18H18N2O5S3/c1-3-25-18(22)16-12(2)15(26-11-19)17(27-16)20-14(21)10-28(23,24)9-13-7-5-4-6-8-13/h4-8H,3,9-10H2,1-2H3,(H,20,21). The number of carbonyl (C=O) groups excluding carboxylic acids is 2. The van der Waals surface area contributed by atoms with Crippen LogP contribution < -0.4 is 5.32 Å². The van der Waals surface area contributed by atoms with Crippen LogP contribution >= 0.6 is 23.1 Å². The van der Waals surface area contributed by atoms with Crippen LogP contribution in [0, 0.1) is 17.6 Å². The quantitative estimate of drug-likeness (QED) is 0.382. The van der Waals surface area contributed by atoms with Crippen molar-refractivity contribution in [1.82, 2.24) is 0 Å².